The Kier molecular flexibility index (Phi) is 7.30. The van der Waals surface area contributed by atoms with E-state index in [2.05, 4.69) is 14.9 Å². The van der Waals surface area contributed by atoms with Crippen LogP contribution < -0.4 is 14.5 Å². The summed E-state index contributed by atoms with van der Waals surface area (Å²) < 4.78 is 64.1. The van der Waals surface area contributed by atoms with E-state index < -0.39 is 35.9 Å². The molecule has 0 bridgehead atoms. The Morgan fingerprint density at radius 3 is 2.80 bits per heavy atom. The third-order valence-electron chi connectivity index (χ3n) is 9.83. The summed E-state index contributed by atoms with van der Waals surface area (Å²) in [4.78, 5) is 28.4. The summed E-state index contributed by atoms with van der Waals surface area (Å²) in [7, 11) is 0. The van der Waals surface area contributed by atoms with Crippen LogP contribution in [0.3, 0.4) is 0 Å². The number of alkyl halides is 3. The third kappa shape index (κ3) is 4.72. The summed E-state index contributed by atoms with van der Waals surface area (Å²) in [6, 6.07) is 4.64. The number of carbonyl (C=O) groups is 1. The first-order valence-corrected chi connectivity index (χ1v) is 15.4. The fraction of sp³-hybridized carbons (Fsp3) is 0.531. The van der Waals surface area contributed by atoms with Crippen molar-refractivity contribution in [3.05, 3.63) is 46.9 Å². The van der Waals surface area contributed by atoms with Crippen LogP contribution >= 0.6 is 0 Å². The van der Waals surface area contributed by atoms with Crippen molar-refractivity contribution in [1.29, 1.82) is 0 Å². The Morgan fingerprint density at radius 1 is 1.16 bits per heavy atom. The second-order valence-electron chi connectivity index (χ2n) is 12.4. The first kappa shape index (κ1) is 29.1. The Hall–Kier alpha value is -3.67. The molecule has 3 aromatic rings. The number of amides is 1. The SMILES string of the molecule is CCc1c(F)ccc2cc(O)cc(N3Cc4nc(OC[C@@]56CCCN5C[C@H](F)C6)nc(N5CCCC[C@H]5C(F)F)c4C3=O)c12. The van der Waals surface area contributed by atoms with Crippen LogP contribution in [0.25, 0.3) is 10.8 Å². The quantitative estimate of drug-likeness (QED) is 0.339. The molecule has 2 aromatic carbocycles. The Morgan fingerprint density at radius 2 is 2.00 bits per heavy atom. The van der Waals surface area contributed by atoms with E-state index in [-0.39, 0.29) is 49.3 Å². The van der Waals surface area contributed by atoms with Crippen molar-refractivity contribution in [2.24, 2.45) is 0 Å². The molecule has 8 nitrogen and oxygen atoms in total. The number of aromatic hydroxyl groups is 1. The van der Waals surface area contributed by atoms with Crippen LogP contribution in [0.5, 0.6) is 11.8 Å². The number of ether oxygens (including phenoxy) is 1. The largest absolute Gasteiger partial charge is 0.508 e. The minimum Gasteiger partial charge on any atom is -0.508 e. The van der Waals surface area contributed by atoms with E-state index in [4.69, 9.17) is 4.74 Å². The van der Waals surface area contributed by atoms with E-state index in [1.54, 1.807) is 6.07 Å². The fourth-order valence-corrected chi connectivity index (χ4v) is 7.79. The zero-order valence-electron chi connectivity index (χ0n) is 24.5. The maximum Gasteiger partial charge on any atom is 0.318 e. The number of aromatic nitrogens is 2. The van der Waals surface area contributed by atoms with Gasteiger partial charge in [-0.1, -0.05) is 13.0 Å². The molecule has 0 aliphatic carbocycles. The molecule has 0 saturated carbocycles. The lowest BCUT2D eigenvalue weighted by Crippen LogP contribution is -2.45. The third-order valence-corrected chi connectivity index (χ3v) is 9.83. The number of hydrogen-bond donors (Lipinski definition) is 1. The number of fused-ring (bicyclic) bond motifs is 3. The van der Waals surface area contributed by atoms with Crippen molar-refractivity contribution < 1.29 is 32.2 Å². The first-order valence-electron chi connectivity index (χ1n) is 15.4. The molecule has 5 heterocycles. The Labute approximate surface area is 252 Å². The van der Waals surface area contributed by atoms with Crippen molar-refractivity contribution in [3.8, 4) is 11.8 Å². The van der Waals surface area contributed by atoms with Gasteiger partial charge in [0.15, 0.2) is 0 Å². The minimum absolute atomic E-state index is 0.0448. The summed E-state index contributed by atoms with van der Waals surface area (Å²) in [5.41, 5.74) is 0.628. The molecular weight excluding hydrogens is 578 g/mol. The monoisotopic (exact) mass is 613 g/mol. The van der Waals surface area contributed by atoms with E-state index in [1.165, 1.54) is 28.0 Å². The van der Waals surface area contributed by atoms with Crippen molar-refractivity contribution in [2.75, 3.05) is 36.0 Å². The van der Waals surface area contributed by atoms with Gasteiger partial charge < -0.3 is 19.6 Å². The molecule has 1 aromatic heterocycles. The summed E-state index contributed by atoms with van der Waals surface area (Å²) in [6.07, 6.45) is 0.324. The lowest BCUT2D eigenvalue weighted by atomic mass is 9.95. The normalized spacial score (nSPS) is 25.4. The molecule has 7 rings (SSSR count). The highest BCUT2D eigenvalue weighted by Crippen LogP contribution is 2.43. The molecule has 12 heteroatoms. The van der Waals surface area contributed by atoms with Crippen molar-refractivity contribution in [3.63, 3.8) is 0 Å². The summed E-state index contributed by atoms with van der Waals surface area (Å²) in [6.45, 7) is 3.33. The van der Waals surface area contributed by atoms with Crippen LogP contribution in [-0.2, 0) is 13.0 Å². The first-order chi connectivity index (χ1) is 21.2. The molecule has 4 aliphatic rings. The average Bonchev–Trinajstić information content (AvgIpc) is 3.65. The smallest absolute Gasteiger partial charge is 0.318 e. The Bertz CT molecular complexity index is 1620. The number of halogens is 4. The van der Waals surface area contributed by atoms with E-state index in [1.807, 2.05) is 6.92 Å². The lowest BCUT2D eigenvalue weighted by molar-refractivity contribution is 0.0963. The second kappa shape index (κ2) is 11.0. The van der Waals surface area contributed by atoms with Gasteiger partial charge in [0.2, 0.25) is 0 Å². The molecule has 0 radical (unpaired) electrons. The molecule has 3 fully saturated rings. The predicted octanol–water partition coefficient (Wildman–Crippen LogP) is 5.78. The van der Waals surface area contributed by atoms with Crippen molar-refractivity contribution in [1.82, 2.24) is 14.9 Å². The van der Waals surface area contributed by atoms with Gasteiger partial charge in [0.1, 0.15) is 35.7 Å². The standard InChI is InChI=1S/C32H35F4N5O3/c1-2-21-22(34)8-7-18-12-20(42)13-25(26(18)21)41-16-23-27(30(41)43)29(40-11-4-3-6-24(40)28(35)36)38-31(37-23)44-17-32-9-5-10-39(32)15-19(33)14-32/h7-8,12-13,19,24,28,42H,2-6,9-11,14-17H2,1H3/t19-,24+,32+/m1/s1. The molecule has 1 amide bonds. The number of carbonyl (C=O) groups excluding carboxylic acids is 1. The molecule has 4 aliphatic heterocycles. The number of nitrogens with zero attached hydrogens (tertiary/aromatic N) is 5. The van der Waals surface area contributed by atoms with Crippen LogP contribution in [0.2, 0.25) is 0 Å². The highest BCUT2D eigenvalue weighted by Gasteiger charge is 2.49. The predicted molar refractivity (Wildman–Crippen MR) is 157 cm³/mol. The van der Waals surface area contributed by atoms with E-state index >= 15 is 0 Å². The van der Waals surface area contributed by atoms with Crippen LogP contribution in [0.15, 0.2) is 24.3 Å². The molecule has 44 heavy (non-hydrogen) atoms. The van der Waals surface area contributed by atoms with Gasteiger partial charge in [0.25, 0.3) is 12.3 Å². The molecular formula is C32H35F4N5O3. The number of phenols is 1. The number of benzene rings is 2. The van der Waals surface area contributed by atoms with Crippen LogP contribution in [0, 0.1) is 5.82 Å². The lowest BCUT2D eigenvalue weighted by Gasteiger charge is -2.37. The van der Waals surface area contributed by atoms with Crippen LogP contribution in [-0.4, -0.2) is 76.3 Å². The molecule has 3 atom stereocenters. The van der Waals surface area contributed by atoms with Gasteiger partial charge in [-0.3, -0.25) is 9.69 Å². The molecule has 234 valence electrons. The van der Waals surface area contributed by atoms with Crippen LogP contribution in [0.4, 0.5) is 29.1 Å². The number of piperidine rings is 1. The fourth-order valence-electron chi connectivity index (χ4n) is 7.79. The highest BCUT2D eigenvalue weighted by atomic mass is 19.3. The molecule has 1 N–H and O–H groups in total. The van der Waals surface area contributed by atoms with Crippen molar-refractivity contribution in [2.45, 2.75) is 82.6 Å². The number of phenolic OH excluding ortho intramolecular Hbond substituents is 1. The van der Waals surface area contributed by atoms with Crippen molar-refractivity contribution >= 4 is 28.2 Å². The number of rotatable bonds is 7. The van der Waals surface area contributed by atoms with Gasteiger partial charge in [-0.15, -0.1) is 0 Å². The molecule has 3 saturated heterocycles. The second-order valence-corrected chi connectivity index (χ2v) is 12.4. The van der Waals surface area contributed by atoms with Crippen LogP contribution in [0.1, 0.15) is 67.1 Å². The number of hydrogen-bond acceptors (Lipinski definition) is 7. The molecule has 0 spiro atoms. The topological polar surface area (TPSA) is 82.0 Å². The highest BCUT2D eigenvalue weighted by molar-refractivity contribution is 6.16. The van der Waals surface area contributed by atoms with Gasteiger partial charge in [-0.2, -0.15) is 9.97 Å². The Balaban J connectivity index is 1.32. The van der Waals surface area contributed by atoms with E-state index in [9.17, 15) is 27.5 Å². The van der Waals surface area contributed by atoms with Gasteiger partial charge in [0, 0.05) is 31.0 Å². The van der Waals surface area contributed by atoms with Gasteiger partial charge in [-0.05, 0) is 68.2 Å². The van der Waals surface area contributed by atoms with E-state index in [0.29, 0.717) is 59.9 Å². The van der Waals surface area contributed by atoms with Gasteiger partial charge in [-0.25, -0.2) is 17.6 Å². The van der Waals surface area contributed by atoms with Gasteiger partial charge >= 0.3 is 6.01 Å². The zero-order valence-corrected chi connectivity index (χ0v) is 24.5. The minimum atomic E-state index is -2.66. The maximum atomic E-state index is 14.9. The maximum absolute atomic E-state index is 14.9. The van der Waals surface area contributed by atoms with Gasteiger partial charge in [0.05, 0.1) is 29.5 Å². The summed E-state index contributed by atoms with van der Waals surface area (Å²) in [5.74, 6) is -0.959. The van der Waals surface area contributed by atoms with E-state index in [0.717, 1.165) is 19.4 Å². The number of aryl methyl sites for hydroxylation is 1. The molecule has 0 unspecified atom stereocenters. The summed E-state index contributed by atoms with van der Waals surface area (Å²) >= 11 is 0. The summed E-state index contributed by atoms with van der Waals surface area (Å²) in [5, 5.41) is 11.6. The number of anilines is 2. The zero-order chi connectivity index (χ0) is 30.7. The average molecular weight is 614 g/mol.